The highest BCUT2D eigenvalue weighted by atomic mass is 16.6. The van der Waals surface area contributed by atoms with Gasteiger partial charge >= 0.3 is 6.09 Å². The van der Waals surface area contributed by atoms with Crippen LogP contribution in [0.2, 0.25) is 0 Å². The highest BCUT2D eigenvalue weighted by Crippen LogP contribution is 2.21. The molecule has 0 aliphatic rings. The number of non-ortho nitro benzene ring substituents is 1. The Bertz CT molecular complexity index is 799. The van der Waals surface area contributed by atoms with Crippen molar-refractivity contribution in [2.75, 3.05) is 5.32 Å². The number of nitrogens with one attached hydrogen (secondary N) is 1. The van der Waals surface area contributed by atoms with Gasteiger partial charge in [-0.1, -0.05) is 30.4 Å². The number of nitrogens with zero attached hydrogens (tertiary/aromatic N) is 1. The molecule has 2 N–H and O–H groups in total. The van der Waals surface area contributed by atoms with Crippen LogP contribution in [0.25, 0.3) is 12.2 Å². The molecule has 0 spiro atoms. The smallest absolute Gasteiger partial charge is 0.409 e. The van der Waals surface area contributed by atoms with Gasteiger partial charge in [0.15, 0.2) is 6.29 Å². The number of hydrogen-bond acceptors (Lipinski definition) is 4. The Morgan fingerprint density at radius 2 is 1.78 bits per heavy atom. The minimum Gasteiger partial charge on any atom is -0.465 e. The van der Waals surface area contributed by atoms with E-state index in [1.165, 1.54) is 18.2 Å². The molecule has 0 heterocycles. The van der Waals surface area contributed by atoms with Crippen molar-refractivity contribution in [1.29, 1.82) is 0 Å². The predicted octanol–water partition coefficient (Wildman–Crippen LogP) is 3.67. The lowest BCUT2D eigenvalue weighted by Crippen LogP contribution is -2.08. The molecule has 0 fully saturated rings. The monoisotopic (exact) mass is 312 g/mol. The van der Waals surface area contributed by atoms with E-state index in [9.17, 15) is 19.7 Å². The lowest BCUT2D eigenvalue weighted by atomic mass is 10.1. The number of aldehydes is 1. The summed E-state index contributed by atoms with van der Waals surface area (Å²) in [4.78, 5) is 32.0. The molecule has 0 radical (unpaired) electrons. The third kappa shape index (κ3) is 4.01. The summed E-state index contributed by atoms with van der Waals surface area (Å²) in [7, 11) is 0. The number of carboxylic acid groups (broad SMARTS) is 1. The first-order chi connectivity index (χ1) is 11.0. The molecule has 23 heavy (non-hydrogen) atoms. The SMILES string of the molecule is O=Cc1cc([N+](=O)[O-])ccc1C=Cc1ccccc1NC(=O)O. The first-order valence-corrected chi connectivity index (χ1v) is 6.52. The maximum atomic E-state index is 11.1. The number of hydrogen-bond donors (Lipinski definition) is 2. The van der Waals surface area contributed by atoms with Crippen LogP contribution in [0.5, 0.6) is 0 Å². The average Bonchev–Trinajstić information content (AvgIpc) is 2.53. The van der Waals surface area contributed by atoms with Gasteiger partial charge in [0.2, 0.25) is 0 Å². The Hall–Kier alpha value is -3.48. The van der Waals surface area contributed by atoms with E-state index in [4.69, 9.17) is 5.11 Å². The van der Waals surface area contributed by atoms with E-state index in [1.807, 2.05) is 0 Å². The fraction of sp³-hybridized carbons (Fsp3) is 0. The largest absolute Gasteiger partial charge is 0.465 e. The Labute approximate surface area is 131 Å². The molecule has 2 aromatic rings. The normalized spacial score (nSPS) is 10.4. The number of nitro groups is 1. The standard InChI is InChI=1S/C16H12N2O5/c19-10-13-9-14(18(22)23)8-7-11(13)5-6-12-3-1-2-4-15(12)17-16(20)21/h1-10,17H,(H,20,21). The van der Waals surface area contributed by atoms with Crippen molar-refractivity contribution < 1.29 is 19.6 Å². The summed E-state index contributed by atoms with van der Waals surface area (Å²) in [5, 5.41) is 21.8. The fourth-order valence-electron chi connectivity index (χ4n) is 1.98. The van der Waals surface area contributed by atoms with E-state index in [0.29, 0.717) is 23.1 Å². The molecule has 0 saturated heterocycles. The van der Waals surface area contributed by atoms with Gasteiger partial charge in [-0.3, -0.25) is 20.2 Å². The minimum atomic E-state index is -1.19. The quantitative estimate of drug-likeness (QED) is 0.379. The highest BCUT2D eigenvalue weighted by Gasteiger charge is 2.09. The zero-order chi connectivity index (χ0) is 16.8. The first kappa shape index (κ1) is 15.9. The number of rotatable bonds is 5. The van der Waals surface area contributed by atoms with Crippen LogP contribution in [0.15, 0.2) is 42.5 Å². The lowest BCUT2D eigenvalue weighted by Gasteiger charge is -2.05. The predicted molar refractivity (Wildman–Crippen MR) is 85.5 cm³/mol. The summed E-state index contributed by atoms with van der Waals surface area (Å²) in [5.41, 5.74) is 1.50. The number of benzene rings is 2. The lowest BCUT2D eigenvalue weighted by molar-refractivity contribution is -0.384. The highest BCUT2D eigenvalue weighted by molar-refractivity contribution is 5.90. The second-order valence-corrected chi connectivity index (χ2v) is 4.54. The van der Waals surface area contributed by atoms with Gasteiger partial charge in [0.05, 0.1) is 10.6 Å². The van der Waals surface area contributed by atoms with E-state index in [2.05, 4.69) is 5.32 Å². The maximum Gasteiger partial charge on any atom is 0.409 e. The van der Waals surface area contributed by atoms with Crippen LogP contribution in [0.1, 0.15) is 21.5 Å². The zero-order valence-electron chi connectivity index (χ0n) is 11.8. The molecule has 2 aromatic carbocycles. The second-order valence-electron chi connectivity index (χ2n) is 4.54. The minimum absolute atomic E-state index is 0.169. The van der Waals surface area contributed by atoms with Gasteiger partial charge in [-0.2, -0.15) is 0 Å². The summed E-state index contributed by atoms with van der Waals surface area (Å²) in [6, 6.07) is 10.7. The Kier molecular flexibility index (Phi) is 4.83. The fourth-order valence-corrected chi connectivity index (χ4v) is 1.98. The van der Waals surface area contributed by atoms with Gasteiger partial charge in [-0.05, 0) is 23.3 Å². The summed E-state index contributed by atoms with van der Waals surface area (Å²) in [6.07, 6.45) is 2.57. The third-order valence-corrected chi connectivity index (χ3v) is 3.05. The molecule has 7 nitrogen and oxygen atoms in total. The van der Waals surface area contributed by atoms with Crippen molar-refractivity contribution in [3.8, 4) is 0 Å². The molecule has 0 saturated carbocycles. The van der Waals surface area contributed by atoms with Gasteiger partial charge in [0.25, 0.3) is 5.69 Å². The van der Waals surface area contributed by atoms with Crippen LogP contribution < -0.4 is 5.32 Å². The van der Waals surface area contributed by atoms with E-state index in [1.54, 1.807) is 36.4 Å². The first-order valence-electron chi connectivity index (χ1n) is 6.52. The van der Waals surface area contributed by atoms with E-state index in [-0.39, 0.29) is 11.3 Å². The maximum absolute atomic E-state index is 11.1. The molecule has 0 bridgehead atoms. The van der Waals surface area contributed by atoms with Crippen LogP contribution >= 0.6 is 0 Å². The molecule has 0 aromatic heterocycles. The van der Waals surface area contributed by atoms with Crippen LogP contribution in [0, 0.1) is 10.1 Å². The molecule has 116 valence electrons. The van der Waals surface area contributed by atoms with E-state index >= 15 is 0 Å². The van der Waals surface area contributed by atoms with Gasteiger partial charge in [-0.15, -0.1) is 0 Å². The summed E-state index contributed by atoms with van der Waals surface area (Å²) < 4.78 is 0. The molecule has 7 heteroatoms. The molecule has 0 unspecified atom stereocenters. The molecule has 0 aliphatic carbocycles. The van der Waals surface area contributed by atoms with Crippen molar-refractivity contribution in [2.24, 2.45) is 0 Å². The van der Waals surface area contributed by atoms with Gasteiger partial charge in [0, 0.05) is 17.7 Å². The Morgan fingerprint density at radius 1 is 1.09 bits per heavy atom. The summed E-state index contributed by atoms with van der Waals surface area (Å²) in [5.74, 6) is 0. The molecule has 0 atom stereocenters. The van der Waals surface area contributed by atoms with Crippen LogP contribution in [-0.4, -0.2) is 22.4 Å². The molecule has 2 rings (SSSR count). The van der Waals surface area contributed by atoms with Crippen molar-refractivity contribution in [3.63, 3.8) is 0 Å². The summed E-state index contributed by atoms with van der Waals surface area (Å²) in [6.45, 7) is 0. The van der Waals surface area contributed by atoms with E-state index < -0.39 is 11.0 Å². The van der Waals surface area contributed by atoms with Crippen molar-refractivity contribution in [3.05, 3.63) is 69.3 Å². The molecule has 1 amide bonds. The van der Waals surface area contributed by atoms with Gasteiger partial charge in [-0.25, -0.2) is 4.79 Å². The van der Waals surface area contributed by atoms with Crippen LogP contribution in [0.3, 0.4) is 0 Å². The van der Waals surface area contributed by atoms with Crippen molar-refractivity contribution in [1.82, 2.24) is 0 Å². The number of carbonyl (C=O) groups is 2. The molecular formula is C16H12N2O5. The van der Waals surface area contributed by atoms with Gasteiger partial charge < -0.3 is 5.11 Å². The van der Waals surface area contributed by atoms with Crippen molar-refractivity contribution >= 4 is 35.9 Å². The number of anilines is 1. The molecular weight excluding hydrogens is 300 g/mol. The second kappa shape index (κ2) is 6.99. The number of para-hydroxylation sites is 1. The van der Waals surface area contributed by atoms with Crippen LogP contribution in [-0.2, 0) is 0 Å². The number of carbonyl (C=O) groups excluding carboxylic acids is 1. The number of amides is 1. The van der Waals surface area contributed by atoms with Crippen LogP contribution in [0.4, 0.5) is 16.2 Å². The Balaban J connectivity index is 2.35. The summed E-state index contributed by atoms with van der Waals surface area (Å²) >= 11 is 0. The van der Waals surface area contributed by atoms with Gasteiger partial charge in [0.1, 0.15) is 0 Å². The average molecular weight is 312 g/mol. The topological polar surface area (TPSA) is 110 Å². The van der Waals surface area contributed by atoms with E-state index in [0.717, 1.165) is 0 Å². The molecule has 0 aliphatic heterocycles. The van der Waals surface area contributed by atoms with Crippen molar-refractivity contribution in [2.45, 2.75) is 0 Å². The zero-order valence-corrected chi connectivity index (χ0v) is 11.8. The number of nitro benzene ring substituents is 1. The third-order valence-electron chi connectivity index (χ3n) is 3.05. The Morgan fingerprint density at radius 3 is 2.43 bits per heavy atom.